The van der Waals surface area contributed by atoms with Crippen molar-refractivity contribution in [3.63, 3.8) is 0 Å². The molecule has 0 spiro atoms. The van der Waals surface area contributed by atoms with Crippen LogP contribution in [0.25, 0.3) is 16.9 Å². The van der Waals surface area contributed by atoms with E-state index < -0.39 is 23.3 Å². The average Bonchev–Trinajstić information content (AvgIpc) is 3.08. The van der Waals surface area contributed by atoms with E-state index in [1.165, 1.54) is 15.5 Å². The van der Waals surface area contributed by atoms with Gasteiger partial charge in [-0.3, -0.25) is 9.36 Å². The zero-order valence-corrected chi connectivity index (χ0v) is 15.8. The second-order valence-electron chi connectivity index (χ2n) is 6.26. The Morgan fingerprint density at radius 1 is 1.19 bits per heavy atom. The SMILES string of the molecule is CCOC(=O)[C@@H](C)n1cnc2c1c(=O)n(CC)c(=O)n2-c1ccc(C)cc1. The Kier molecular flexibility index (Phi) is 4.98. The van der Waals surface area contributed by atoms with Crippen LogP contribution in [-0.2, 0) is 16.1 Å². The molecule has 0 unspecified atom stereocenters. The number of hydrogen-bond acceptors (Lipinski definition) is 5. The number of carbonyl (C=O) groups is 1. The predicted octanol–water partition coefficient (Wildman–Crippen LogP) is 1.80. The second kappa shape index (κ2) is 7.22. The maximum absolute atomic E-state index is 12.9. The van der Waals surface area contributed by atoms with Crippen LogP contribution in [0.5, 0.6) is 0 Å². The zero-order valence-electron chi connectivity index (χ0n) is 15.8. The third kappa shape index (κ3) is 3.07. The number of ether oxygens (including phenoxy) is 1. The van der Waals surface area contributed by atoms with Crippen LogP contribution in [0.2, 0.25) is 0 Å². The van der Waals surface area contributed by atoms with Gasteiger partial charge >= 0.3 is 11.7 Å². The number of fused-ring (bicyclic) bond motifs is 1. The molecule has 8 heteroatoms. The zero-order chi connectivity index (χ0) is 19.7. The summed E-state index contributed by atoms with van der Waals surface area (Å²) in [6.45, 7) is 7.47. The van der Waals surface area contributed by atoms with E-state index in [4.69, 9.17) is 4.74 Å². The molecule has 1 atom stereocenters. The average molecular weight is 370 g/mol. The van der Waals surface area contributed by atoms with Crippen molar-refractivity contribution in [2.75, 3.05) is 6.61 Å². The van der Waals surface area contributed by atoms with E-state index >= 15 is 0 Å². The standard InChI is InChI=1S/C19H22N4O4/c1-5-21-17(24)15-16(20-11-22(15)13(4)18(25)27-6-2)23(19(21)26)14-9-7-12(3)8-10-14/h7-11,13H,5-6H2,1-4H3/t13-/m1/s1. The van der Waals surface area contributed by atoms with Crippen molar-refractivity contribution >= 4 is 17.1 Å². The Morgan fingerprint density at radius 3 is 2.44 bits per heavy atom. The molecule has 142 valence electrons. The van der Waals surface area contributed by atoms with Crippen molar-refractivity contribution in [3.05, 3.63) is 57.0 Å². The van der Waals surface area contributed by atoms with E-state index in [-0.39, 0.29) is 24.3 Å². The maximum Gasteiger partial charge on any atom is 0.337 e. The molecule has 2 heterocycles. The highest BCUT2D eigenvalue weighted by Crippen LogP contribution is 2.18. The lowest BCUT2D eigenvalue weighted by molar-refractivity contribution is -0.146. The van der Waals surface area contributed by atoms with E-state index in [1.54, 1.807) is 32.9 Å². The lowest BCUT2D eigenvalue weighted by atomic mass is 10.2. The van der Waals surface area contributed by atoms with Crippen LogP contribution in [-0.4, -0.2) is 31.3 Å². The van der Waals surface area contributed by atoms with Gasteiger partial charge in [-0.1, -0.05) is 17.7 Å². The first kappa shape index (κ1) is 18.6. The van der Waals surface area contributed by atoms with E-state index in [9.17, 15) is 14.4 Å². The normalized spacial score (nSPS) is 12.3. The largest absolute Gasteiger partial charge is 0.464 e. The van der Waals surface area contributed by atoms with E-state index in [1.807, 2.05) is 19.1 Å². The fraction of sp³-hybridized carbons (Fsp3) is 0.368. The third-order valence-electron chi connectivity index (χ3n) is 4.51. The number of imidazole rings is 1. The van der Waals surface area contributed by atoms with Gasteiger partial charge in [0.15, 0.2) is 11.2 Å². The quantitative estimate of drug-likeness (QED) is 0.639. The van der Waals surface area contributed by atoms with Gasteiger partial charge in [0.1, 0.15) is 6.04 Å². The summed E-state index contributed by atoms with van der Waals surface area (Å²) in [7, 11) is 0. The molecule has 3 rings (SSSR count). The predicted molar refractivity (Wildman–Crippen MR) is 101 cm³/mol. The highest BCUT2D eigenvalue weighted by Gasteiger charge is 2.24. The Balaban J connectivity index is 2.35. The van der Waals surface area contributed by atoms with Crippen molar-refractivity contribution in [1.82, 2.24) is 18.7 Å². The number of esters is 1. The summed E-state index contributed by atoms with van der Waals surface area (Å²) in [4.78, 5) is 42.3. The molecule has 0 aliphatic carbocycles. The van der Waals surface area contributed by atoms with Crippen LogP contribution in [0.4, 0.5) is 0 Å². The lowest BCUT2D eigenvalue weighted by Crippen LogP contribution is -2.40. The van der Waals surface area contributed by atoms with Gasteiger partial charge in [-0.05, 0) is 39.8 Å². The summed E-state index contributed by atoms with van der Waals surface area (Å²) in [5, 5.41) is 0. The van der Waals surface area contributed by atoms with Crippen molar-refractivity contribution in [3.8, 4) is 5.69 Å². The van der Waals surface area contributed by atoms with Crippen molar-refractivity contribution in [2.45, 2.75) is 40.3 Å². The minimum atomic E-state index is -0.739. The third-order valence-corrected chi connectivity index (χ3v) is 4.51. The Bertz CT molecular complexity index is 1110. The molecule has 2 aromatic heterocycles. The van der Waals surface area contributed by atoms with Gasteiger partial charge in [0, 0.05) is 6.54 Å². The summed E-state index contributed by atoms with van der Waals surface area (Å²) in [6.07, 6.45) is 1.40. The maximum atomic E-state index is 12.9. The molecule has 0 aliphatic rings. The van der Waals surface area contributed by atoms with Crippen LogP contribution >= 0.6 is 0 Å². The first-order chi connectivity index (χ1) is 12.9. The van der Waals surface area contributed by atoms with Gasteiger partial charge in [0.25, 0.3) is 5.56 Å². The van der Waals surface area contributed by atoms with Crippen LogP contribution in [0.3, 0.4) is 0 Å². The number of hydrogen-bond donors (Lipinski definition) is 0. The number of nitrogens with zero attached hydrogens (tertiary/aromatic N) is 4. The van der Waals surface area contributed by atoms with Gasteiger partial charge < -0.3 is 9.30 Å². The van der Waals surface area contributed by atoms with Gasteiger partial charge in [-0.25, -0.2) is 19.1 Å². The van der Waals surface area contributed by atoms with Gasteiger partial charge in [0.2, 0.25) is 0 Å². The minimum absolute atomic E-state index is 0.192. The minimum Gasteiger partial charge on any atom is -0.464 e. The highest BCUT2D eigenvalue weighted by atomic mass is 16.5. The summed E-state index contributed by atoms with van der Waals surface area (Å²) in [5.74, 6) is -0.465. The van der Waals surface area contributed by atoms with Crippen LogP contribution in [0.1, 0.15) is 32.4 Å². The number of carbonyl (C=O) groups excluding carboxylic acids is 1. The van der Waals surface area contributed by atoms with E-state index in [2.05, 4.69) is 4.98 Å². The molecule has 3 aromatic rings. The fourth-order valence-electron chi connectivity index (χ4n) is 3.02. The molecule has 0 radical (unpaired) electrons. The molecular formula is C19H22N4O4. The summed E-state index contributed by atoms with van der Waals surface area (Å²) < 4.78 is 9.06. The van der Waals surface area contributed by atoms with Gasteiger partial charge in [-0.15, -0.1) is 0 Å². The van der Waals surface area contributed by atoms with Gasteiger partial charge in [-0.2, -0.15) is 0 Å². The lowest BCUT2D eigenvalue weighted by Gasteiger charge is -2.15. The van der Waals surface area contributed by atoms with Crippen molar-refractivity contribution < 1.29 is 9.53 Å². The molecule has 0 saturated heterocycles. The first-order valence-corrected chi connectivity index (χ1v) is 8.86. The second-order valence-corrected chi connectivity index (χ2v) is 6.26. The fourth-order valence-corrected chi connectivity index (χ4v) is 3.02. The molecular weight excluding hydrogens is 348 g/mol. The molecule has 0 aliphatic heterocycles. The van der Waals surface area contributed by atoms with Gasteiger partial charge in [0.05, 0.1) is 18.6 Å². The summed E-state index contributed by atoms with van der Waals surface area (Å²) in [5.41, 5.74) is 1.12. The molecule has 8 nitrogen and oxygen atoms in total. The van der Waals surface area contributed by atoms with Crippen LogP contribution in [0.15, 0.2) is 40.2 Å². The van der Waals surface area contributed by atoms with Crippen molar-refractivity contribution in [1.29, 1.82) is 0 Å². The molecule has 0 bridgehead atoms. The molecule has 0 fully saturated rings. The molecule has 0 N–H and O–H groups in total. The molecule has 27 heavy (non-hydrogen) atoms. The Labute approximate surface area is 155 Å². The Morgan fingerprint density at radius 2 is 1.85 bits per heavy atom. The molecule has 1 aromatic carbocycles. The number of aromatic nitrogens is 4. The number of benzene rings is 1. The van der Waals surface area contributed by atoms with E-state index in [0.717, 1.165) is 10.1 Å². The first-order valence-electron chi connectivity index (χ1n) is 8.86. The number of aryl methyl sites for hydroxylation is 1. The molecule has 0 amide bonds. The van der Waals surface area contributed by atoms with Crippen LogP contribution < -0.4 is 11.2 Å². The summed E-state index contributed by atoms with van der Waals surface area (Å²) >= 11 is 0. The smallest absolute Gasteiger partial charge is 0.337 e. The Hall–Kier alpha value is -3.16. The topological polar surface area (TPSA) is 88.1 Å². The van der Waals surface area contributed by atoms with Crippen LogP contribution in [0, 0.1) is 6.92 Å². The summed E-state index contributed by atoms with van der Waals surface area (Å²) in [6, 6.07) is 6.63. The molecule has 0 saturated carbocycles. The highest BCUT2D eigenvalue weighted by molar-refractivity contribution is 5.79. The monoisotopic (exact) mass is 370 g/mol. The van der Waals surface area contributed by atoms with E-state index in [0.29, 0.717) is 5.69 Å². The number of rotatable bonds is 5. The van der Waals surface area contributed by atoms with Crippen molar-refractivity contribution in [2.24, 2.45) is 0 Å².